The fraction of sp³-hybridized carbons (Fsp3) is 0.526. The molecule has 2 unspecified atom stereocenters. The number of benzene rings is 1. The van der Waals surface area contributed by atoms with Crippen LogP contribution in [-0.4, -0.2) is 37.5 Å². The van der Waals surface area contributed by atoms with E-state index in [0.717, 1.165) is 24.9 Å². The third kappa shape index (κ3) is 4.59. The normalized spacial score (nSPS) is 16.9. The van der Waals surface area contributed by atoms with Crippen LogP contribution in [0.5, 0.6) is 0 Å². The SMILES string of the molecule is CCC(C)C(NC(=O)c1ccc(N2CCCCC2=O)cc1)C(=O)OC. The van der Waals surface area contributed by atoms with Gasteiger partial charge in [-0.1, -0.05) is 20.3 Å². The molecule has 6 nitrogen and oxygen atoms in total. The Balaban J connectivity index is 2.08. The molecule has 0 bridgehead atoms. The van der Waals surface area contributed by atoms with Crippen molar-refractivity contribution in [3.63, 3.8) is 0 Å². The number of hydrogen-bond acceptors (Lipinski definition) is 4. The van der Waals surface area contributed by atoms with Gasteiger partial charge >= 0.3 is 5.97 Å². The van der Waals surface area contributed by atoms with Gasteiger partial charge in [-0.15, -0.1) is 0 Å². The number of nitrogens with zero attached hydrogens (tertiary/aromatic N) is 1. The molecular weight excluding hydrogens is 320 g/mol. The molecule has 2 amide bonds. The van der Waals surface area contributed by atoms with Gasteiger partial charge in [0.25, 0.3) is 5.91 Å². The Labute approximate surface area is 148 Å². The Hall–Kier alpha value is -2.37. The minimum Gasteiger partial charge on any atom is -0.467 e. The summed E-state index contributed by atoms with van der Waals surface area (Å²) < 4.78 is 4.78. The van der Waals surface area contributed by atoms with E-state index in [1.54, 1.807) is 29.2 Å². The van der Waals surface area contributed by atoms with Crippen LogP contribution in [-0.2, 0) is 14.3 Å². The molecule has 1 fully saturated rings. The minimum atomic E-state index is -0.675. The van der Waals surface area contributed by atoms with Crippen LogP contribution in [0.1, 0.15) is 49.9 Å². The predicted octanol–water partition coefficient (Wildman–Crippen LogP) is 2.52. The highest BCUT2D eigenvalue weighted by molar-refractivity contribution is 5.98. The lowest BCUT2D eigenvalue weighted by molar-refractivity contribution is -0.144. The summed E-state index contributed by atoms with van der Waals surface area (Å²) in [6.45, 7) is 4.56. The Bertz CT molecular complexity index is 627. The largest absolute Gasteiger partial charge is 0.467 e. The predicted molar refractivity (Wildman–Crippen MR) is 95.4 cm³/mol. The Morgan fingerprint density at radius 1 is 1.24 bits per heavy atom. The summed E-state index contributed by atoms with van der Waals surface area (Å²) in [4.78, 5) is 38.1. The lowest BCUT2D eigenvalue weighted by Crippen LogP contribution is -2.45. The molecule has 1 N–H and O–H groups in total. The third-order valence-corrected chi connectivity index (χ3v) is 4.72. The second kappa shape index (κ2) is 8.65. The van der Waals surface area contributed by atoms with Crippen LogP contribution in [0.2, 0.25) is 0 Å². The molecule has 1 aromatic carbocycles. The molecule has 1 aliphatic rings. The third-order valence-electron chi connectivity index (χ3n) is 4.72. The maximum atomic E-state index is 12.4. The number of methoxy groups -OCH3 is 1. The van der Waals surface area contributed by atoms with Crippen molar-refractivity contribution in [2.24, 2.45) is 5.92 Å². The molecule has 0 spiro atoms. The van der Waals surface area contributed by atoms with Gasteiger partial charge in [0, 0.05) is 24.2 Å². The summed E-state index contributed by atoms with van der Waals surface area (Å²) in [5.74, 6) is -0.682. The van der Waals surface area contributed by atoms with Gasteiger partial charge in [0.2, 0.25) is 5.91 Å². The number of carbonyl (C=O) groups excluding carboxylic acids is 3. The van der Waals surface area contributed by atoms with E-state index in [1.807, 2.05) is 13.8 Å². The molecule has 0 saturated carbocycles. The van der Waals surface area contributed by atoms with Crippen molar-refractivity contribution in [1.29, 1.82) is 0 Å². The van der Waals surface area contributed by atoms with Crippen LogP contribution in [0.3, 0.4) is 0 Å². The Morgan fingerprint density at radius 3 is 2.48 bits per heavy atom. The summed E-state index contributed by atoms with van der Waals surface area (Å²) >= 11 is 0. The van der Waals surface area contributed by atoms with E-state index in [9.17, 15) is 14.4 Å². The number of ether oxygens (including phenoxy) is 1. The van der Waals surface area contributed by atoms with E-state index < -0.39 is 12.0 Å². The standard InChI is InChI=1S/C19H26N2O4/c1-4-13(2)17(19(24)25-3)20-18(23)14-8-10-15(11-9-14)21-12-6-5-7-16(21)22/h8-11,13,17H,4-7,12H2,1-3H3,(H,20,23). The van der Waals surface area contributed by atoms with Crippen LogP contribution in [0.4, 0.5) is 5.69 Å². The Kier molecular flexibility index (Phi) is 6.56. The van der Waals surface area contributed by atoms with Crippen molar-refractivity contribution in [1.82, 2.24) is 5.32 Å². The van der Waals surface area contributed by atoms with Crippen LogP contribution >= 0.6 is 0 Å². The van der Waals surface area contributed by atoms with Crippen LogP contribution in [0.15, 0.2) is 24.3 Å². The molecule has 1 aromatic rings. The van der Waals surface area contributed by atoms with Crippen LogP contribution in [0, 0.1) is 5.92 Å². The first-order valence-corrected chi connectivity index (χ1v) is 8.77. The van der Waals surface area contributed by atoms with E-state index in [0.29, 0.717) is 18.5 Å². The Morgan fingerprint density at radius 2 is 1.92 bits per heavy atom. The van der Waals surface area contributed by atoms with E-state index in [1.165, 1.54) is 7.11 Å². The summed E-state index contributed by atoms with van der Waals surface area (Å²) in [6.07, 6.45) is 3.23. The highest BCUT2D eigenvalue weighted by Gasteiger charge is 2.27. The number of amides is 2. The first kappa shape index (κ1) is 19.0. The highest BCUT2D eigenvalue weighted by Crippen LogP contribution is 2.21. The van der Waals surface area contributed by atoms with Crippen molar-refractivity contribution in [3.8, 4) is 0 Å². The first-order valence-electron chi connectivity index (χ1n) is 8.77. The molecule has 6 heteroatoms. The number of rotatable bonds is 6. The summed E-state index contributed by atoms with van der Waals surface area (Å²) in [5, 5.41) is 2.75. The first-order chi connectivity index (χ1) is 12.0. The zero-order valence-corrected chi connectivity index (χ0v) is 15.1. The molecule has 1 heterocycles. The highest BCUT2D eigenvalue weighted by atomic mass is 16.5. The van der Waals surface area contributed by atoms with Gasteiger partial charge < -0.3 is 15.0 Å². The molecule has 2 atom stereocenters. The fourth-order valence-electron chi connectivity index (χ4n) is 2.89. The van der Waals surface area contributed by atoms with Gasteiger partial charge in [-0.3, -0.25) is 9.59 Å². The van der Waals surface area contributed by atoms with E-state index in [4.69, 9.17) is 4.74 Å². The molecule has 0 radical (unpaired) electrons. The van der Waals surface area contributed by atoms with E-state index >= 15 is 0 Å². The molecule has 0 aliphatic carbocycles. The van der Waals surface area contributed by atoms with Crippen molar-refractivity contribution in [3.05, 3.63) is 29.8 Å². The number of hydrogen-bond donors (Lipinski definition) is 1. The molecule has 1 aliphatic heterocycles. The van der Waals surface area contributed by atoms with Crippen molar-refractivity contribution < 1.29 is 19.1 Å². The maximum Gasteiger partial charge on any atom is 0.328 e. The molecule has 136 valence electrons. The zero-order chi connectivity index (χ0) is 18.4. The lowest BCUT2D eigenvalue weighted by atomic mass is 9.98. The number of anilines is 1. The second-order valence-electron chi connectivity index (χ2n) is 6.41. The molecule has 25 heavy (non-hydrogen) atoms. The van der Waals surface area contributed by atoms with Crippen LogP contribution < -0.4 is 10.2 Å². The summed E-state index contributed by atoms with van der Waals surface area (Å²) in [5.41, 5.74) is 1.25. The topological polar surface area (TPSA) is 75.7 Å². The summed E-state index contributed by atoms with van der Waals surface area (Å²) in [7, 11) is 1.31. The molecular formula is C19H26N2O4. The number of esters is 1. The number of carbonyl (C=O) groups is 3. The van der Waals surface area contributed by atoms with Gasteiger partial charge in [0.1, 0.15) is 6.04 Å². The lowest BCUT2D eigenvalue weighted by Gasteiger charge is -2.27. The molecule has 1 saturated heterocycles. The summed E-state index contributed by atoms with van der Waals surface area (Å²) in [6, 6.07) is 6.23. The van der Waals surface area contributed by atoms with Gasteiger partial charge in [-0.25, -0.2) is 4.79 Å². The van der Waals surface area contributed by atoms with Crippen LogP contribution in [0.25, 0.3) is 0 Å². The van der Waals surface area contributed by atoms with Crippen molar-refractivity contribution in [2.75, 3.05) is 18.6 Å². The second-order valence-corrected chi connectivity index (χ2v) is 6.41. The monoisotopic (exact) mass is 346 g/mol. The molecule has 0 aromatic heterocycles. The number of piperidine rings is 1. The van der Waals surface area contributed by atoms with Gasteiger partial charge in [-0.2, -0.15) is 0 Å². The quantitative estimate of drug-likeness (QED) is 0.803. The van der Waals surface area contributed by atoms with E-state index in [-0.39, 0.29) is 17.7 Å². The van der Waals surface area contributed by atoms with Gasteiger partial charge in [0.05, 0.1) is 7.11 Å². The average Bonchev–Trinajstić information content (AvgIpc) is 2.65. The minimum absolute atomic E-state index is 0.0263. The van der Waals surface area contributed by atoms with Crippen molar-refractivity contribution in [2.45, 2.75) is 45.6 Å². The van der Waals surface area contributed by atoms with Gasteiger partial charge in [-0.05, 0) is 43.0 Å². The average molecular weight is 346 g/mol. The number of nitrogens with one attached hydrogen (secondary N) is 1. The van der Waals surface area contributed by atoms with Crippen molar-refractivity contribution >= 4 is 23.5 Å². The van der Waals surface area contributed by atoms with Gasteiger partial charge in [0.15, 0.2) is 0 Å². The van der Waals surface area contributed by atoms with E-state index in [2.05, 4.69) is 5.32 Å². The zero-order valence-electron chi connectivity index (χ0n) is 15.1. The smallest absolute Gasteiger partial charge is 0.328 e. The fourth-order valence-corrected chi connectivity index (χ4v) is 2.89. The molecule has 2 rings (SSSR count). The maximum absolute atomic E-state index is 12.4.